The lowest BCUT2D eigenvalue weighted by atomic mass is 9.78. The molecule has 7 nitrogen and oxygen atoms in total. The fraction of sp³-hybridized carbons (Fsp3) is 0.786. The molecule has 0 aromatic rings. The second kappa shape index (κ2) is 6.78. The molecule has 4 N–H and O–H groups in total. The number of carbonyl (C=O) groups excluding carboxylic acids is 2. The van der Waals surface area contributed by atoms with Crippen molar-refractivity contribution in [3.05, 3.63) is 0 Å². The Morgan fingerprint density at radius 3 is 2.43 bits per heavy atom. The number of rotatable bonds is 5. The number of hydrogen-bond donors (Lipinski definition) is 3. The molecular weight excluding hydrogens is 274 g/mol. The normalized spacial score (nSPS) is 23.7. The highest BCUT2D eigenvalue weighted by atomic mass is 16.4. The molecule has 1 saturated heterocycles. The fourth-order valence-electron chi connectivity index (χ4n) is 2.71. The number of nitrogens with one attached hydrogen (secondary N) is 1. The molecule has 7 heteroatoms. The molecule has 1 heterocycles. The van der Waals surface area contributed by atoms with Gasteiger partial charge in [0.2, 0.25) is 5.91 Å². The van der Waals surface area contributed by atoms with Crippen LogP contribution in [0, 0.1) is 11.3 Å². The van der Waals surface area contributed by atoms with Crippen molar-refractivity contribution >= 4 is 17.9 Å². The summed E-state index contributed by atoms with van der Waals surface area (Å²) in [5, 5.41) is 12.0. The van der Waals surface area contributed by atoms with E-state index < -0.39 is 29.4 Å². The number of carbonyl (C=O) groups is 3. The molecule has 3 amide bonds. The summed E-state index contributed by atoms with van der Waals surface area (Å²) in [6.07, 6.45) is 1.66. The highest BCUT2D eigenvalue weighted by Crippen LogP contribution is 2.33. The van der Waals surface area contributed by atoms with E-state index in [9.17, 15) is 19.5 Å². The van der Waals surface area contributed by atoms with E-state index >= 15 is 0 Å². The highest BCUT2D eigenvalue weighted by Gasteiger charge is 2.42. The zero-order chi connectivity index (χ0) is 16.2. The van der Waals surface area contributed by atoms with Crippen LogP contribution in [0.2, 0.25) is 0 Å². The lowest BCUT2D eigenvalue weighted by Crippen LogP contribution is -2.56. The number of primary amides is 1. The summed E-state index contributed by atoms with van der Waals surface area (Å²) in [4.78, 5) is 36.6. The van der Waals surface area contributed by atoms with Crippen LogP contribution in [0.15, 0.2) is 0 Å². The number of carboxylic acid groups (broad SMARTS) is 1. The summed E-state index contributed by atoms with van der Waals surface area (Å²) in [5.41, 5.74) is 4.38. The summed E-state index contributed by atoms with van der Waals surface area (Å²) in [6, 6.07) is -1.17. The number of nitrogens with two attached hydrogens (primary N) is 1. The van der Waals surface area contributed by atoms with Crippen molar-refractivity contribution in [2.75, 3.05) is 13.1 Å². The molecule has 0 aliphatic carbocycles. The van der Waals surface area contributed by atoms with Crippen molar-refractivity contribution in [3.63, 3.8) is 0 Å². The topological polar surface area (TPSA) is 113 Å². The Labute approximate surface area is 124 Å². The van der Waals surface area contributed by atoms with Crippen LogP contribution in [0.5, 0.6) is 0 Å². The second-order valence-electron chi connectivity index (χ2n) is 6.04. The van der Waals surface area contributed by atoms with Crippen LogP contribution in [0.3, 0.4) is 0 Å². The molecule has 1 fully saturated rings. The lowest BCUT2D eigenvalue weighted by Gasteiger charge is -2.39. The van der Waals surface area contributed by atoms with Crippen LogP contribution in [0.1, 0.15) is 40.0 Å². The van der Waals surface area contributed by atoms with Crippen molar-refractivity contribution in [3.8, 4) is 0 Å². The van der Waals surface area contributed by atoms with Gasteiger partial charge in [0.1, 0.15) is 6.04 Å². The molecule has 0 aromatic heterocycles. The maximum Gasteiger partial charge on any atom is 0.318 e. The molecule has 0 bridgehead atoms. The Morgan fingerprint density at radius 1 is 1.38 bits per heavy atom. The summed E-state index contributed by atoms with van der Waals surface area (Å²) in [7, 11) is 0. The molecule has 0 aromatic carbocycles. The van der Waals surface area contributed by atoms with Crippen LogP contribution < -0.4 is 11.1 Å². The summed E-state index contributed by atoms with van der Waals surface area (Å²) in [5.74, 6) is -1.58. The average molecular weight is 299 g/mol. The van der Waals surface area contributed by atoms with Gasteiger partial charge in [-0.1, -0.05) is 20.8 Å². The van der Waals surface area contributed by atoms with Gasteiger partial charge in [0.25, 0.3) is 0 Å². The van der Waals surface area contributed by atoms with Crippen LogP contribution >= 0.6 is 0 Å². The molecule has 2 atom stereocenters. The van der Waals surface area contributed by atoms with Crippen molar-refractivity contribution < 1.29 is 19.5 Å². The third-order valence-corrected chi connectivity index (χ3v) is 4.25. The first-order chi connectivity index (χ1) is 9.73. The predicted octanol–water partition coefficient (Wildman–Crippen LogP) is 0.783. The Hall–Kier alpha value is -1.79. The Balaban J connectivity index is 2.78. The third-order valence-electron chi connectivity index (χ3n) is 4.25. The number of aliphatic carboxylic acids is 1. The minimum absolute atomic E-state index is 0.119. The van der Waals surface area contributed by atoms with E-state index in [-0.39, 0.29) is 12.5 Å². The Bertz CT molecular complexity index is 424. The van der Waals surface area contributed by atoms with E-state index in [4.69, 9.17) is 5.73 Å². The maximum atomic E-state index is 12.3. The molecule has 0 radical (unpaired) electrons. The summed E-state index contributed by atoms with van der Waals surface area (Å²) in [6.45, 7) is 6.05. The third kappa shape index (κ3) is 3.86. The molecule has 1 rings (SSSR count). The molecule has 1 aliphatic rings. The minimum Gasteiger partial charge on any atom is -0.481 e. The van der Waals surface area contributed by atoms with E-state index in [0.29, 0.717) is 25.8 Å². The zero-order valence-electron chi connectivity index (χ0n) is 12.9. The second-order valence-corrected chi connectivity index (χ2v) is 6.04. The number of piperidine rings is 1. The summed E-state index contributed by atoms with van der Waals surface area (Å²) >= 11 is 0. The van der Waals surface area contributed by atoms with Gasteiger partial charge in [-0.2, -0.15) is 0 Å². The molecular formula is C14H25N3O4. The van der Waals surface area contributed by atoms with Crippen LogP contribution in [0.25, 0.3) is 0 Å². The van der Waals surface area contributed by atoms with Crippen LogP contribution in [-0.4, -0.2) is 47.0 Å². The first-order valence-corrected chi connectivity index (χ1v) is 7.31. The number of nitrogens with zero attached hydrogens (tertiary/aromatic N) is 1. The number of amides is 3. The molecule has 2 unspecified atom stereocenters. The van der Waals surface area contributed by atoms with Crippen molar-refractivity contribution in [2.24, 2.45) is 17.1 Å². The first-order valence-electron chi connectivity index (χ1n) is 7.31. The van der Waals surface area contributed by atoms with Crippen molar-refractivity contribution in [2.45, 2.75) is 46.1 Å². The van der Waals surface area contributed by atoms with Crippen molar-refractivity contribution in [1.29, 1.82) is 0 Å². The fourth-order valence-corrected chi connectivity index (χ4v) is 2.71. The van der Waals surface area contributed by atoms with E-state index in [1.54, 1.807) is 13.8 Å². The zero-order valence-corrected chi connectivity index (χ0v) is 12.9. The summed E-state index contributed by atoms with van der Waals surface area (Å²) < 4.78 is 0. The Morgan fingerprint density at radius 2 is 2.00 bits per heavy atom. The van der Waals surface area contributed by atoms with Gasteiger partial charge in [-0.25, -0.2) is 4.79 Å². The molecule has 21 heavy (non-hydrogen) atoms. The van der Waals surface area contributed by atoms with E-state index in [1.165, 1.54) is 4.90 Å². The largest absolute Gasteiger partial charge is 0.481 e. The molecule has 1 aliphatic heterocycles. The van der Waals surface area contributed by atoms with Gasteiger partial charge >= 0.3 is 12.0 Å². The van der Waals surface area contributed by atoms with E-state index in [1.807, 2.05) is 6.92 Å². The highest BCUT2D eigenvalue weighted by molar-refractivity contribution is 5.86. The quantitative estimate of drug-likeness (QED) is 0.696. The number of carboxylic acids is 1. The predicted molar refractivity (Wildman–Crippen MR) is 77.5 cm³/mol. The lowest BCUT2D eigenvalue weighted by molar-refractivity contribution is -0.152. The van der Waals surface area contributed by atoms with Gasteiger partial charge in [0.15, 0.2) is 0 Å². The number of likely N-dealkylation sites (tertiary alicyclic amines) is 1. The van der Waals surface area contributed by atoms with Gasteiger partial charge in [-0.15, -0.1) is 0 Å². The maximum absolute atomic E-state index is 12.3. The van der Waals surface area contributed by atoms with Gasteiger partial charge < -0.3 is 21.1 Å². The van der Waals surface area contributed by atoms with Crippen LogP contribution in [-0.2, 0) is 9.59 Å². The van der Waals surface area contributed by atoms with Crippen LogP contribution in [0.4, 0.5) is 4.79 Å². The van der Waals surface area contributed by atoms with E-state index in [0.717, 1.165) is 0 Å². The van der Waals surface area contributed by atoms with E-state index in [2.05, 4.69) is 5.32 Å². The molecule has 0 spiro atoms. The number of urea groups is 1. The average Bonchev–Trinajstić information content (AvgIpc) is 2.43. The molecule has 0 saturated carbocycles. The van der Waals surface area contributed by atoms with Gasteiger partial charge in [0, 0.05) is 13.1 Å². The monoisotopic (exact) mass is 299 g/mol. The molecule has 120 valence electrons. The smallest absolute Gasteiger partial charge is 0.318 e. The number of hydrogen-bond acceptors (Lipinski definition) is 3. The van der Waals surface area contributed by atoms with Crippen molar-refractivity contribution in [1.82, 2.24) is 10.2 Å². The van der Waals surface area contributed by atoms with Gasteiger partial charge in [-0.3, -0.25) is 9.59 Å². The SMILES string of the molecule is CCC1(C(=O)O)CCCN(C(=O)NC(C(N)=O)C(C)C)C1. The van der Waals surface area contributed by atoms with Gasteiger partial charge in [-0.05, 0) is 25.2 Å². The first kappa shape index (κ1) is 17.3. The van der Waals surface area contributed by atoms with Gasteiger partial charge in [0.05, 0.1) is 5.41 Å². The standard InChI is InChI=1S/C14H25N3O4/c1-4-14(12(19)20)6-5-7-17(8-14)13(21)16-10(9(2)3)11(15)18/h9-10H,4-8H2,1-3H3,(H2,15,18)(H,16,21)(H,19,20). The Kier molecular flexibility index (Phi) is 5.57. The minimum atomic E-state index is -0.893.